The molecular formula is C17H19N5O2S. The quantitative estimate of drug-likeness (QED) is 0.671. The second-order valence-corrected chi connectivity index (χ2v) is 7.19. The summed E-state index contributed by atoms with van der Waals surface area (Å²) in [6.45, 7) is 2.79. The van der Waals surface area contributed by atoms with Gasteiger partial charge in [0, 0.05) is 19.3 Å². The van der Waals surface area contributed by atoms with Crippen LogP contribution in [0, 0.1) is 0 Å². The number of sulfonamides is 1. The summed E-state index contributed by atoms with van der Waals surface area (Å²) in [6.07, 6.45) is 3.92. The van der Waals surface area contributed by atoms with Crippen LogP contribution in [0.1, 0.15) is 12.5 Å². The van der Waals surface area contributed by atoms with Crippen molar-refractivity contribution in [3.05, 3.63) is 54.5 Å². The molecule has 1 aromatic carbocycles. The van der Waals surface area contributed by atoms with Gasteiger partial charge in [0.25, 0.3) is 0 Å². The molecule has 0 aliphatic carbocycles. The number of hydrogen-bond donors (Lipinski definition) is 2. The molecule has 3 rings (SSSR count). The van der Waals surface area contributed by atoms with E-state index in [1.165, 1.54) is 6.33 Å². The number of hydrogen-bond acceptors (Lipinski definition) is 6. The van der Waals surface area contributed by atoms with Gasteiger partial charge in [-0.2, -0.15) is 0 Å². The van der Waals surface area contributed by atoms with E-state index in [-0.39, 0.29) is 4.90 Å². The highest BCUT2D eigenvalue weighted by atomic mass is 32.2. The number of nitrogens with one attached hydrogen (secondary N) is 2. The first-order chi connectivity index (χ1) is 12.1. The van der Waals surface area contributed by atoms with Crippen LogP contribution in [-0.4, -0.2) is 36.5 Å². The lowest BCUT2D eigenvalue weighted by molar-refractivity contribution is 0.584. The lowest BCUT2D eigenvalue weighted by Gasteiger charge is -2.09. The molecule has 8 heteroatoms. The van der Waals surface area contributed by atoms with Crippen LogP contribution in [-0.2, 0) is 16.4 Å². The van der Waals surface area contributed by atoms with Gasteiger partial charge in [0.15, 0.2) is 5.65 Å². The number of nitrogens with zero attached hydrogens (tertiary/aromatic N) is 3. The Hall–Kier alpha value is -2.58. The third-order valence-electron chi connectivity index (χ3n) is 3.68. The zero-order chi connectivity index (χ0) is 17.7. The van der Waals surface area contributed by atoms with Crippen molar-refractivity contribution in [3.8, 4) is 0 Å². The monoisotopic (exact) mass is 357 g/mol. The fourth-order valence-electron chi connectivity index (χ4n) is 2.47. The highest BCUT2D eigenvalue weighted by Gasteiger charge is 2.11. The second kappa shape index (κ2) is 7.54. The Bertz CT molecular complexity index is 953. The minimum absolute atomic E-state index is 0.277. The molecule has 0 fully saturated rings. The fraction of sp³-hybridized carbons (Fsp3) is 0.235. The topological polar surface area (TPSA) is 96.9 Å². The predicted octanol–water partition coefficient (Wildman–Crippen LogP) is 1.98. The zero-order valence-corrected chi connectivity index (χ0v) is 14.6. The predicted molar refractivity (Wildman–Crippen MR) is 96.8 cm³/mol. The molecule has 0 aliphatic rings. The van der Waals surface area contributed by atoms with Crippen molar-refractivity contribution < 1.29 is 8.42 Å². The minimum Gasteiger partial charge on any atom is -0.369 e. The van der Waals surface area contributed by atoms with Crippen LogP contribution in [0.3, 0.4) is 0 Å². The summed E-state index contributed by atoms with van der Waals surface area (Å²) in [6, 6.07) is 10.7. The van der Waals surface area contributed by atoms with Crippen molar-refractivity contribution in [2.45, 2.75) is 18.2 Å². The van der Waals surface area contributed by atoms with Crippen molar-refractivity contribution in [2.75, 3.05) is 18.4 Å². The summed E-state index contributed by atoms with van der Waals surface area (Å²) >= 11 is 0. The molecule has 0 bridgehead atoms. The highest BCUT2D eigenvalue weighted by Crippen LogP contribution is 2.16. The third-order valence-corrected chi connectivity index (χ3v) is 5.24. The molecule has 7 nitrogen and oxygen atoms in total. The molecule has 0 amide bonds. The Kier molecular flexibility index (Phi) is 5.20. The van der Waals surface area contributed by atoms with Crippen LogP contribution >= 0.6 is 0 Å². The van der Waals surface area contributed by atoms with Crippen molar-refractivity contribution in [3.63, 3.8) is 0 Å². The first-order valence-corrected chi connectivity index (χ1v) is 9.46. The SMILES string of the molecule is CCNS(=O)(=O)c1ccc(CCNc2ncnc3ncccc23)cc1. The normalized spacial score (nSPS) is 11.6. The maximum Gasteiger partial charge on any atom is 0.240 e. The maximum atomic E-state index is 11.9. The van der Waals surface area contributed by atoms with Gasteiger partial charge in [-0.3, -0.25) is 0 Å². The Labute approximate surface area is 146 Å². The summed E-state index contributed by atoms with van der Waals surface area (Å²) in [7, 11) is -3.40. The van der Waals surface area contributed by atoms with E-state index in [0.29, 0.717) is 18.7 Å². The number of fused-ring (bicyclic) bond motifs is 1. The van der Waals surface area contributed by atoms with Crippen molar-refractivity contribution in [2.24, 2.45) is 0 Å². The van der Waals surface area contributed by atoms with Gasteiger partial charge in [0.2, 0.25) is 10.0 Å². The molecule has 0 saturated carbocycles. The van der Waals surface area contributed by atoms with Crippen molar-refractivity contribution >= 4 is 26.9 Å². The van der Waals surface area contributed by atoms with Gasteiger partial charge in [-0.05, 0) is 36.2 Å². The molecule has 25 heavy (non-hydrogen) atoms. The van der Waals surface area contributed by atoms with E-state index in [2.05, 4.69) is 25.0 Å². The van der Waals surface area contributed by atoms with Gasteiger partial charge in [-0.15, -0.1) is 0 Å². The van der Waals surface area contributed by atoms with Crippen LogP contribution in [0.4, 0.5) is 5.82 Å². The standard InChI is InChI=1S/C17H19N5O2S/c1-2-22-25(23,24)14-7-5-13(6-8-14)9-11-19-17-15-4-3-10-18-16(15)20-12-21-17/h3-8,10,12,22H,2,9,11H2,1H3,(H,18,19,20,21). The van der Waals surface area contributed by atoms with E-state index in [4.69, 9.17) is 0 Å². The van der Waals surface area contributed by atoms with E-state index >= 15 is 0 Å². The Morgan fingerprint density at radius 2 is 1.84 bits per heavy atom. The van der Waals surface area contributed by atoms with Crippen LogP contribution < -0.4 is 10.0 Å². The number of pyridine rings is 1. The van der Waals surface area contributed by atoms with E-state index in [0.717, 1.165) is 23.2 Å². The van der Waals surface area contributed by atoms with Gasteiger partial charge in [-0.25, -0.2) is 28.1 Å². The maximum absolute atomic E-state index is 11.9. The fourth-order valence-corrected chi connectivity index (χ4v) is 3.51. The Balaban J connectivity index is 1.64. The van der Waals surface area contributed by atoms with Gasteiger partial charge in [-0.1, -0.05) is 19.1 Å². The van der Waals surface area contributed by atoms with Gasteiger partial charge < -0.3 is 5.32 Å². The molecule has 2 heterocycles. The van der Waals surface area contributed by atoms with Crippen molar-refractivity contribution in [1.82, 2.24) is 19.7 Å². The molecular weight excluding hydrogens is 338 g/mol. The molecule has 3 aromatic rings. The summed E-state index contributed by atoms with van der Waals surface area (Å²) < 4.78 is 26.3. The van der Waals surface area contributed by atoms with E-state index in [9.17, 15) is 8.42 Å². The molecule has 0 radical (unpaired) electrons. The van der Waals surface area contributed by atoms with E-state index in [1.807, 2.05) is 24.3 Å². The summed E-state index contributed by atoms with van der Waals surface area (Å²) in [4.78, 5) is 12.9. The number of anilines is 1. The van der Waals surface area contributed by atoms with Crippen LogP contribution in [0.2, 0.25) is 0 Å². The highest BCUT2D eigenvalue weighted by molar-refractivity contribution is 7.89. The average molecular weight is 357 g/mol. The summed E-state index contributed by atoms with van der Waals surface area (Å²) in [5, 5.41) is 4.15. The Morgan fingerprint density at radius 1 is 1.04 bits per heavy atom. The van der Waals surface area contributed by atoms with Crippen LogP contribution in [0.5, 0.6) is 0 Å². The third kappa shape index (κ3) is 4.09. The molecule has 0 spiro atoms. The lowest BCUT2D eigenvalue weighted by Crippen LogP contribution is -2.23. The first kappa shape index (κ1) is 17.2. The van der Waals surface area contributed by atoms with E-state index in [1.54, 1.807) is 25.3 Å². The van der Waals surface area contributed by atoms with Crippen molar-refractivity contribution in [1.29, 1.82) is 0 Å². The molecule has 130 valence electrons. The average Bonchev–Trinajstić information content (AvgIpc) is 2.62. The minimum atomic E-state index is -3.40. The van der Waals surface area contributed by atoms with Gasteiger partial charge >= 0.3 is 0 Å². The number of rotatable bonds is 7. The molecule has 0 aliphatic heterocycles. The number of benzene rings is 1. The van der Waals surface area contributed by atoms with E-state index < -0.39 is 10.0 Å². The molecule has 2 N–H and O–H groups in total. The molecule has 0 saturated heterocycles. The molecule has 0 unspecified atom stereocenters. The lowest BCUT2D eigenvalue weighted by atomic mass is 10.1. The Morgan fingerprint density at radius 3 is 2.60 bits per heavy atom. The second-order valence-electron chi connectivity index (χ2n) is 5.42. The largest absolute Gasteiger partial charge is 0.369 e. The van der Waals surface area contributed by atoms with Gasteiger partial charge in [0.05, 0.1) is 10.3 Å². The van der Waals surface area contributed by atoms with Crippen LogP contribution in [0.15, 0.2) is 53.8 Å². The van der Waals surface area contributed by atoms with Crippen LogP contribution in [0.25, 0.3) is 11.0 Å². The molecule has 2 aromatic heterocycles. The van der Waals surface area contributed by atoms with Gasteiger partial charge in [0.1, 0.15) is 12.1 Å². The summed E-state index contributed by atoms with van der Waals surface area (Å²) in [5.74, 6) is 0.740. The number of aromatic nitrogens is 3. The zero-order valence-electron chi connectivity index (χ0n) is 13.8. The first-order valence-electron chi connectivity index (χ1n) is 7.98. The molecule has 0 atom stereocenters. The smallest absolute Gasteiger partial charge is 0.240 e. The summed E-state index contributed by atoms with van der Waals surface area (Å²) in [5.41, 5.74) is 1.69.